The van der Waals surface area contributed by atoms with Crippen LogP contribution in [0.4, 0.5) is 0 Å². The Morgan fingerprint density at radius 2 is 0.865 bits per heavy atom. The van der Waals surface area contributed by atoms with Crippen molar-refractivity contribution in [1.29, 1.82) is 0 Å². The highest BCUT2D eigenvalue weighted by Gasteiger charge is 2.49. The summed E-state index contributed by atoms with van der Waals surface area (Å²) in [6.07, 6.45) is -2.77. The molecule has 5 atom stereocenters. The molecular formula is C44H47NO7. The fourth-order valence-corrected chi connectivity index (χ4v) is 6.15. The second-order valence-electron chi connectivity index (χ2n) is 12.8. The van der Waals surface area contributed by atoms with Gasteiger partial charge in [0.25, 0.3) is 0 Å². The van der Waals surface area contributed by atoms with Crippen molar-refractivity contribution in [2.75, 3.05) is 6.54 Å². The molecule has 270 valence electrons. The number of ether oxygens (including phenoxy) is 5. The van der Waals surface area contributed by atoms with Gasteiger partial charge in [-0.25, -0.2) is 5.06 Å². The molecule has 1 aliphatic heterocycles. The van der Waals surface area contributed by atoms with Crippen LogP contribution in [0, 0.1) is 0 Å². The van der Waals surface area contributed by atoms with Crippen molar-refractivity contribution < 1.29 is 33.3 Å². The molecule has 1 amide bonds. The Balaban J connectivity index is 1.29. The summed E-state index contributed by atoms with van der Waals surface area (Å²) in [5, 5.41) is 1.39. The monoisotopic (exact) mass is 701 g/mol. The zero-order valence-electron chi connectivity index (χ0n) is 29.6. The van der Waals surface area contributed by atoms with E-state index in [9.17, 15) is 4.79 Å². The second kappa shape index (κ2) is 19.8. The van der Waals surface area contributed by atoms with Gasteiger partial charge in [0.15, 0.2) is 6.29 Å². The van der Waals surface area contributed by atoms with Gasteiger partial charge in [-0.05, 0) is 34.2 Å². The number of rotatable bonds is 18. The van der Waals surface area contributed by atoms with Crippen LogP contribution in [-0.2, 0) is 66.4 Å². The molecule has 0 bridgehead atoms. The summed E-state index contributed by atoms with van der Waals surface area (Å²) in [5.74, 6) is -0.202. The standard InChI is InChI=1S/C44H47NO7/c1-34(46)45(51-33-39-25-15-6-16-26-39)28-27-40-41(47-29-35-17-7-2-8-18-35)42(48-30-36-19-9-3-10-20-36)43(49-31-37-21-11-4-12-22-37)44(52-40)50-32-38-23-13-5-14-24-38/h2-26,40-44H,27-33H2,1H3/t40-,41-,42+,43+,44+/m1/s1. The number of carbonyl (C=O) groups excluding carboxylic acids is 1. The highest BCUT2D eigenvalue weighted by molar-refractivity contribution is 5.71. The Bertz CT molecular complexity index is 1730. The minimum Gasteiger partial charge on any atom is -0.368 e. The van der Waals surface area contributed by atoms with E-state index in [2.05, 4.69) is 0 Å². The average Bonchev–Trinajstić information content (AvgIpc) is 3.20. The van der Waals surface area contributed by atoms with Crippen molar-refractivity contribution in [3.8, 4) is 0 Å². The molecule has 0 radical (unpaired) electrons. The molecule has 1 aliphatic rings. The molecule has 5 aromatic rings. The highest BCUT2D eigenvalue weighted by atomic mass is 16.7. The highest BCUT2D eigenvalue weighted by Crippen LogP contribution is 2.33. The lowest BCUT2D eigenvalue weighted by Crippen LogP contribution is -2.61. The van der Waals surface area contributed by atoms with E-state index in [1.165, 1.54) is 12.0 Å². The largest absolute Gasteiger partial charge is 0.368 e. The third-order valence-electron chi connectivity index (χ3n) is 8.90. The van der Waals surface area contributed by atoms with Gasteiger partial charge >= 0.3 is 0 Å². The van der Waals surface area contributed by atoms with E-state index in [1.54, 1.807) is 0 Å². The second-order valence-corrected chi connectivity index (χ2v) is 12.8. The zero-order chi connectivity index (χ0) is 35.8. The van der Waals surface area contributed by atoms with Gasteiger partial charge in [0.2, 0.25) is 5.91 Å². The van der Waals surface area contributed by atoms with E-state index in [4.69, 9.17) is 28.5 Å². The maximum atomic E-state index is 12.8. The molecular weight excluding hydrogens is 654 g/mol. The summed E-state index contributed by atoms with van der Waals surface area (Å²) in [7, 11) is 0. The lowest BCUT2D eigenvalue weighted by molar-refractivity contribution is -0.327. The first-order valence-electron chi connectivity index (χ1n) is 17.8. The van der Waals surface area contributed by atoms with Crippen LogP contribution in [0.2, 0.25) is 0 Å². The quantitative estimate of drug-likeness (QED) is 0.0856. The number of benzene rings is 5. The van der Waals surface area contributed by atoms with E-state index < -0.39 is 30.7 Å². The van der Waals surface area contributed by atoms with Crippen LogP contribution in [-0.4, -0.2) is 48.2 Å². The minimum atomic E-state index is -0.803. The zero-order valence-corrected chi connectivity index (χ0v) is 29.6. The number of carbonyl (C=O) groups is 1. The van der Waals surface area contributed by atoms with E-state index in [0.717, 1.165) is 27.8 Å². The van der Waals surface area contributed by atoms with Gasteiger partial charge in [0.1, 0.15) is 24.9 Å². The molecule has 5 aromatic carbocycles. The molecule has 6 rings (SSSR count). The van der Waals surface area contributed by atoms with Gasteiger partial charge in [0.05, 0.1) is 39.1 Å². The lowest BCUT2D eigenvalue weighted by atomic mass is 9.95. The van der Waals surface area contributed by atoms with Gasteiger partial charge in [0, 0.05) is 6.92 Å². The van der Waals surface area contributed by atoms with Gasteiger partial charge in [-0.1, -0.05) is 152 Å². The summed E-state index contributed by atoms with van der Waals surface area (Å²) in [5.41, 5.74) is 5.03. The topological polar surface area (TPSA) is 75.7 Å². The fraction of sp³-hybridized carbons (Fsp3) is 0.295. The average molecular weight is 702 g/mol. The Morgan fingerprint density at radius 1 is 0.500 bits per heavy atom. The summed E-state index contributed by atoms with van der Waals surface area (Å²) in [6, 6.07) is 49.9. The van der Waals surface area contributed by atoms with E-state index in [1.807, 2.05) is 152 Å². The molecule has 1 saturated heterocycles. The van der Waals surface area contributed by atoms with Crippen LogP contribution in [0.3, 0.4) is 0 Å². The maximum absolute atomic E-state index is 12.8. The minimum absolute atomic E-state index is 0.202. The van der Waals surface area contributed by atoms with Crippen LogP contribution in [0.15, 0.2) is 152 Å². The van der Waals surface area contributed by atoms with Crippen LogP contribution >= 0.6 is 0 Å². The van der Waals surface area contributed by atoms with Crippen LogP contribution in [0.25, 0.3) is 0 Å². The summed E-state index contributed by atoms with van der Waals surface area (Å²) >= 11 is 0. The van der Waals surface area contributed by atoms with Gasteiger partial charge < -0.3 is 23.7 Å². The molecule has 0 unspecified atom stereocenters. The fourth-order valence-electron chi connectivity index (χ4n) is 6.15. The number of hydrogen-bond donors (Lipinski definition) is 0. The van der Waals surface area contributed by atoms with Gasteiger partial charge in [-0.3, -0.25) is 9.63 Å². The molecule has 8 heteroatoms. The van der Waals surface area contributed by atoms with Crippen molar-refractivity contribution in [2.24, 2.45) is 0 Å². The Morgan fingerprint density at radius 3 is 1.29 bits per heavy atom. The smallest absolute Gasteiger partial charge is 0.243 e. The molecule has 0 saturated carbocycles. The number of hydroxylamine groups is 2. The third kappa shape index (κ3) is 11.2. The first-order valence-corrected chi connectivity index (χ1v) is 17.8. The number of amides is 1. The Labute approximate surface area is 306 Å². The van der Waals surface area contributed by atoms with Crippen molar-refractivity contribution >= 4 is 5.91 Å². The van der Waals surface area contributed by atoms with E-state index in [0.29, 0.717) is 32.8 Å². The SMILES string of the molecule is CC(=O)N(CC[C@H]1O[C@H](OCc2ccccc2)[C@@H](OCc2ccccc2)[C@@H](OCc2ccccc2)[C@@H]1OCc1ccccc1)OCc1ccccc1. The predicted octanol–water partition coefficient (Wildman–Crippen LogP) is 8.05. The third-order valence-corrected chi connectivity index (χ3v) is 8.90. The molecule has 8 nitrogen and oxygen atoms in total. The maximum Gasteiger partial charge on any atom is 0.243 e. The van der Waals surface area contributed by atoms with E-state index >= 15 is 0 Å². The molecule has 0 N–H and O–H groups in total. The lowest BCUT2D eigenvalue weighted by Gasteiger charge is -2.46. The van der Waals surface area contributed by atoms with Gasteiger partial charge in [-0.15, -0.1) is 0 Å². The van der Waals surface area contributed by atoms with Crippen LogP contribution < -0.4 is 0 Å². The molecule has 1 heterocycles. The molecule has 52 heavy (non-hydrogen) atoms. The van der Waals surface area contributed by atoms with Crippen molar-refractivity contribution in [2.45, 2.75) is 77.1 Å². The Kier molecular flexibility index (Phi) is 14.1. The van der Waals surface area contributed by atoms with Crippen LogP contribution in [0.5, 0.6) is 0 Å². The van der Waals surface area contributed by atoms with Crippen molar-refractivity contribution in [3.63, 3.8) is 0 Å². The van der Waals surface area contributed by atoms with E-state index in [-0.39, 0.29) is 19.1 Å². The van der Waals surface area contributed by atoms with Crippen LogP contribution in [0.1, 0.15) is 41.2 Å². The molecule has 0 aromatic heterocycles. The number of hydrogen-bond acceptors (Lipinski definition) is 7. The Hall–Kier alpha value is -4.67. The summed E-state index contributed by atoms with van der Waals surface area (Å²) in [6.45, 7) is 3.33. The van der Waals surface area contributed by atoms with Gasteiger partial charge in [-0.2, -0.15) is 0 Å². The van der Waals surface area contributed by atoms with Crippen molar-refractivity contribution in [3.05, 3.63) is 179 Å². The molecule has 0 spiro atoms. The summed E-state index contributed by atoms with van der Waals surface area (Å²) < 4.78 is 33.7. The first kappa shape index (κ1) is 37.1. The molecule has 1 fully saturated rings. The first-order chi connectivity index (χ1) is 25.6. The predicted molar refractivity (Wildman–Crippen MR) is 198 cm³/mol. The van der Waals surface area contributed by atoms with Crippen molar-refractivity contribution in [1.82, 2.24) is 5.06 Å². The number of nitrogens with zero attached hydrogens (tertiary/aromatic N) is 1. The normalized spacial score (nSPS) is 20.0. The molecule has 0 aliphatic carbocycles. The summed E-state index contributed by atoms with van der Waals surface area (Å²) in [4.78, 5) is 18.8.